The lowest BCUT2D eigenvalue weighted by atomic mass is 9.98. The molecule has 1 aromatic carbocycles. The average molecular weight is 247 g/mol. The van der Waals surface area contributed by atoms with Crippen molar-refractivity contribution in [2.24, 2.45) is 5.73 Å². The van der Waals surface area contributed by atoms with Crippen LogP contribution in [0, 0.1) is 13.8 Å². The van der Waals surface area contributed by atoms with Gasteiger partial charge in [0.15, 0.2) is 0 Å². The van der Waals surface area contributed by atoms with E-state index in [1.54, 1.807) is 18.4 Å². The van der Waals surface area contributed by atoms with Gasteiger partial charge in [-0.2, -0.15) is 11.3 Å². The fraction of sp³-hybridized carbons (Fsp3) is 0.286. The van der Waals surface area contributed by atoms with E-state index in [2.05, 4.69) is 36.7 Å². The molecule has 17 heavy (non-hydrogen) atoms. The summed E-state index contributed by atoms with van der Waals surface area (Å²) in [5.41, 5.74) is 11.8. The monoisotopic (exact) mass is 247 g/mol. The van der Waals surface area contributed by atoms with Gasteiger partial charge in [0.1, 0.15) is 5.75 Å². The van der Waals surface area contributed by atoms with Gasteiger partial charge in [0, 0.05) is 17.7 Å². The lowest BCUT2D eigenvalue weighted by Crippen LogP contribution is -1.98. The molecule has 0 unspecified atom stereocenters. The van der Waals surface area contributed by atoms with Crippen molar-refractivity contribution in [3.8, 4) is 16.9 Å². The Bertz CT molecular complexity index is 531. The lowest BCUT2D eigenvalue weighted by molar-refractivity contribution is 0.416. The minimum Gasteiger partial charge on any atom is -0.496 e. The highest BCUT2D eigenvalue weighted by molar-refractivity contribution is 7.08. The number of hydrogen-bond acceptors (Lipinski definition) is 3. The van der Waals surface area contributed by atoms with Gasteiger partial charge in [0.25, 0.3) is 0 Å². The van der Waals surface area contributed by atoms with Crippen LogP contribution in [-0.4, -0.2) is 7.11 Å². The maximum absolute atomic E-state index is 5.76. The summed E-state index contributed by atoms with van der Waals surface area (Å²) in [7, 11) is 1.71. The Hall–Kier alpha value is -1.32. The average Bonchev–Trinajstić information content (AvgIpc) is 2.80. The Kier molecular flexibility index (Phi) is 3.50. The number of nitrogens with two attached hydrogens (primary N) is 1. The maximum atomic E-state index is 5.76. The van der Waals surface area contributed by atoms with E-state index >= 15 is 0 Å². The quantitative estimate of drug-likeness (QED) is 0.901. The summed E-state index contributed by atoms with van der Waals surface area (Å²) in [6.45, 7) is 4.78. The van der Waals surface area contributed by atoms with Gasteiger partial charge in [-0.05, 0) is 53.4 Å². The maximum Gasteiger partial charge on any atom is 0.127 e. The van der Waals surface area contributed by atoms with Crippen LogP contribution in [-0.2, 0) is 6.54 Å². The summed E-state index contributed by atoms with van der Waals surface area (Å²) in [5.74, 6) is 0.918. The van der Waals surface area contributed by atoms with Crippen LogP contribution in [0.3, 0.4) is 0 Å². The fourth-order valence-corrected chi connectivity index (χ4v) is 2.76. The van der Waals surface area contributed by atoms with E-state index in [4.69, 9.17) is 10.5 Å². The van der Waals surface area contributed by atoms with E-state index < -0.39 is 0 Å². The predicted molar refractivity (Wildman–Crippen MR) is 73.7 cm³/mol. The Morgan fingerprint density at radius 3 is 2.47 bits per heavy atom. The Morgan fingerprint density at radius 2 is 1.82 bits per heavy atom. The Labute approximate surface area is 106 Å². The summed E-state index contributed by atoms with van der Waals surface area (Å²) in [6, 6.07) is 4.26. The van der Waals surface area contributed by atoms with Gasteiger partial charge in [-0.15, -0.1) is 0 Å². The summed E-state index contributed by atoms with van der Waals surface area (Å²) < 4.78 is 5.47. The number of aryl methyl sites for hydroxylation is 2. The zero-order chi connectivity index (χ0) is 12.4. The highest BCUT2D eigenvalue weighted by atomic mass is 32.1. The van der Waals surface area contributed by atoms with Gasteiger partial charge >= 0.3 is 0 Å². The van der Waals surface area contributed by atoms with Crippen molar-refractivity contribution >= 4 is 11.3 Å². The van der Waals surface area contributed by atoms with Crippen LogP contribution in [0.2, 0.25) is 0 Å². The van der Waals surface area contributed by atoms with Gasteiger partial charge in [0.05, 0.1) is 7.11 Å². The first-order valence-electron chi connectivity index (χ1n) is 5.58. The molecule has 0 aliphatic carbocycles. The fourth-order valence-electron chi connectivity index (χ4n) is 1.89. The second-order valence-electron chi connectivity index (χ2n) is 4.15. The van der Waals surface area contributed by atoms with Crippen molar-refractivity contribution in [2.75, 3.05) is 7.11 Å². The van der Waals surface area contributed by atoms with Gasteiger partial charge in [-0.3, -0.25) is 0 Å². The van der Waals surface area contributed by atoms with Gasteiger partial charge in [-0.1, -0.05) is 0 Å². The van der Waals surface area contributed by atoms with Gasteiger partial charge < -0.3 is 10.5 Å². The summed E-state index contributed by atoms with van der Waals surface area (Å²) in [5, 5.41) is 4.23. The Morgan fingerprint density at radius 1 is 1.12 bits per heavy atom. The molecule has 1 aromatic heterocycles. The minimum absolute atomic E-state index is 0.564. The summed E-state index contributed by atoms with van der Waals surface area (Å²) in [4.78, 5) is 0. The van der Waals surface area contributed by atoms with Gasteiger partial charge in [-0.25, -0.2) is 0 Å². The van der Waals surface area contributed by atoms with Crippen LogP contribution in [0.1, 0.15) is 16.7 Å². The highest BCUT2D eigenvalue weighted by Crippen LogP contribution is 2.36. The van der Waals surface area contributed by atoms with Crippen LogP contribution < -0.4 is 10.5 Å². The number of hydrogen-bond donors (Lipinski definition) is 1. The molecule has 0 spiro atoms. The van der Waals surface area contributed by atoms with E-state index in [0.717, 1.165) is 11.3 Å². The van der Waals surface area contributed by atoms with Crippen molar-refractivity contribution in [1.82, 2.24) is 0 Å². The number of rotatable bonds is 3. The second-order valence-corrected chi connectivity index (χ2v) is 4.90. The molecule has 0 aliphatic heterocycles. The number of ether oxygens (including phenoxy) is 1. The second kappa shape index (κ2) is 4.90. The van der Waals surface area contributed by atoms with Crippen LogP contribution >= 0.6 is 11.3 Å². The van der Waals surface area contributed by atoms with E-state index in [-0.39, 0.29) is 0 Å². The first-order valence-corrected chi connectivity index (χ1v) is 6.52. The highest BCUT2D eigenvalue weighted by Gasteiger charge is 2.12. The first kappa shape index (κ1) is 12.1. The molecule has 0 bridgehead atoms. The molecule has 2 aromatic rings. The molecule has 0 saturated carbocycles. The molecule has 0 aliphatic rings. The summed E-state index contributed by atoms with van der Waals surface area (Å²) in [6.07, 6.45) is 0. The number of benzene rings is 1. The molecule has 0 atom stereocenters. The zero-order valence-corrected chi connectivity index (χ0v) is 11.2. The summed E-state index contributed by atoms with van der Waals surface area (Å²) >= 11 is 1.68. The van der Waals surface area contributed by atoms with Crippen molar-refractivity contribution in [3.63, 3.8) is 0 Å². The largest absolute Gasteiger partial charge is 0.496 e. The minimum atomic E-state index is 0.564. The van der Waals surface area contributed by atoms with E-state index in [1.807, 2.05) is 0 Å². The molecule has 0 amide bonds. The van der Waals surface area contributed by atoms with Crippen LogP contribution in [0.15, 0.2) is 22.9 Å². The standard InChI is InChI=1S/C14H17NOS/c1-9-4-12(14(16-3)5-10(9)2)13-8-17-7-11(13)6-15/h4-5,7-8H,6,15H2,1-3H3. The van der Waals surface area contributed by atoms with Crippen LogP contribution in [0.5, 0.6) is 5.75 Å². The topological polar surface area (TPSA) is 35.2 Å². The van der Waals surface area contributed by atoms with E-state index in [1.165, 1.54) is 22.3 Å². The number of methoxy groups -OCH3 is 1. The van der Waals surface area contributed by atoms with Gasteiger partial charge in [0.2, 0.25) is 0 Å². The van der Waals surface area contributed by atoms with Crippen molar-refractivity contribution < 1.29 is 4.74 Å². The Balaban J connectivity index is 2.62. The van der Waals surface area contributed by atoms with Crippen LogP contribution in [0.25, 0.3) is 11.1 Å². The normalized spacial score (nSPS) is 10.6. The SMILES string of the molecule is COc1cc(C)c(C)cc1-c1cscc1CN. The van der Waals surface area contributed by atoms with Crippen LogP contribution in [0.4, 0.5) is 0 Å². The molecule has 0 fully saturated rings. The molecule has 2 nitrogen and oxygen atoms in total. The smallest absolute Gasteiger partial charge is 0.127 e. The number of thiophene rings is 1. The van der Waals surface area contributed by atoms with Crippen molar-refractivity contribution in [1.29, 1.82) is 0 Å². The zero-order valence-electron chi connectivity index (χ0n) is 10.4. The third-order valence-electron chi connectivity index (χ3n) is 3.07. The molecule has 2 N–H and O–H groups in total. The molecule has 3 heteroatoms. The molecular weight excluding hydrogens is 230 g/mol. The van der Waals surface area contributed by atoms with E-state index in [0.29, 0.717) is 6.54 Å². The third kappa shape index (κ3) is 2.21. The molecule has 90 valence electrons. The predicted octanol–water partition coefficient (Wildman–Crippen LogP) is 3.50. The van der Waals surface area contributed by atoms with Crippen molar-refractivity contribution in [3.05, 3.63) is 39.6 Å². The molecule has 2 rings (SSSR count). The molecule has 0 saturated heterocycles. The molecule has 0 radical (unpaired) electrons. The lowest BCUT2D eigenvalue weighted by Gasteiger charge is -2.12. The van der Waals surface area contributed by atoms with E-state index in [9.17, 15) is 0 Å². The first-order chi connectivity index (χ1) is 8.17. The molecule has 1 heterocycles. The third-order valence-corrected chi connectivity index (χ3v) is 3.86. The molecular formula is C14H17NOS. The van der Waals surface area contributed by atoms with Crippen molar-refractivity contribution in [2.45, 2.75) is 20.4 Å².